The zero-order valence-electron chi connectivity index (χ0n) is 5.15. The zero-order valence-corrected chi connectivity index (χ0v) is 6.04. The van der Waals surface area contributed by atoms with E-state index in [1.165, 1.54) is 0 Å². The lowest BCUT2D eigenvalue weighted by atomic mass is 10.3. The zero-order chi connectivity index (χ0) is 7.49. The fourth-order valence-electron chi connectivity index (χ4n) is 0.287. The summed E-state index contributed by atoms with van der Waals surface area (Å²) in [6.07, 6.45) is -0.128. The summed E-state index contributed by atoms with van der Waals surface area (Å²) in [7, 11) is -4.28. The van der Waals surface area contributed by atoms with Crippen molar-refractivity contribution in [2.75, 3.05) is 0 Å². The van der Waals surface area contributed by atoms with E-state index in [9.17, 15) is 4.57 Å². The van der Waals surface area contributed by atoms with Crippen LogP contribution in [0.2, 0.25) is 0 Å². The molecule has 0 amide bonds. The van der Waals surface area contributed by atoms with Crippen molar-refractivity contribution in [1.29, 1.82) is 0 Å². The van der Waals surface area contributed by atoms with Crippen LogP contribution in [0.1, 0.15) is 13.3 Å². The maximum absolute atomic E-state index is 10.0. The van der Waals surface area contributed by atoms with Gasteiger partial charge in [-0.1, -0.05) is 6.92 Å². The van der Waals surface area contributed by atoms with Gasteiger partial charge >= 0.3 is 7.82 Å². The molecular weight excluding hydrogens is 143 g/mol. The van der Waals surface area contributed by atoms with E-state index in [4.69, 9.17) is 9.79 Å². The van der Waals surface area contributed by atoms with E-state index < -0.39 is 13.9 Å². The normalized spacial score (nSPS) is 15.6. The first-order chi connectivity index (χ1) is 3.95. The average Bonchev–Trinajstić information content (AvgIpc) is 1.62. The molecule has 1 radical (unpaired) electrons. The van der Waals surface area contributed by atoms with E-state index in [-0.39, 0.29) is 0 Å². The lowest BCUT2D eigenvalue weighted by Gasteiger charge is -2.09. The Morgan fingerprint density at radius 3 is 2.33 bits per heavy atom. The maximum atomic E-state index is 10.0. The molecule has 1 unspecified atom stereocenters. The second-order valence-electron chi connectivity index (χ2n) is 1.70. The molecular formula is C4H10O4P. The Labute approximate surface area is 54.1 Å². The molecule has 1 atom stereocenters. The molecule has 4 nitrogen and oxygen atoms in total. The molecule has 0 bridgehead atoms. The molecule has 0 heterocycles. The molecule has 0 saturated heterocycles. The van der Waals surface area contributed by atoms with Crippen molar-refractivity contribution in [1.82, 2.24) is 0 Å². The van der Waals surface area contributed by atoms with Crippen molar-refractivity contribution in [3.63, 3.8) is 0 Å². The van der Waals surface area contributed by atoms with Crippen molar-refractivity contribution in [3.05, 3.63) is 6.92 Å². The minimum absolute atomic E-state index is 0.352. The molecule has 0 rings (SSSR count). The Balaban J connectivity index is 3.60. The quantitative estimate of drug-likeness (QED) is 0.586. The summed E-state index contributed by atoms with van der Waals surface area (Å²) >= 11 is 0. The molecule has 0 fully saturated rings. The van der Waals surface area contributed by atoms with Gasteiger partial charge in [0.05, 0.1) is 6.10 Å². The van der Waals surface area contributed by atoms with Gasteiger partial charge in [0.25, 0.3) is 0 Å². The molecule has 0 aliphatic rings. The van der Waals surface area contributed by atoms with Crippen molar-refractivity contribution >= 4 is 7.82 Å². The highest BCUT2D eigenvalue weighted by molar-refractivity contribution is 7.46. The van der Waals surface area contributed by atoms with Gasteiger partial charge in [0.15, 0.2) is 0 Å². The molecule has 55 valence electrons. The largest absolute Gasteiger partial charge is 0.469 e. The molecule has 5 heteroatoms. The van der Waals surface area contributed by atoms with E-state index in [0.29, 0.717) is 6.42 Å². The third kappa shape index (κ3) is 5.99. The third-order valence-corrected chi connectivity index (χ3v) is 1.36. The highest BCUT2D eigenvalue weighted by atomic mass is 31.2. The van der Waals surface area contributed by atoms with Crippen molar-refractivity contribution < 1.29 is 18.9 Å². The van der Waals surface area contributed by atoms with E-state index >= 15 is 0 Å². The monoisotopic (exact) mass is 153 g/mol. The standard InChI is InChI=1S/C4H10O4P/c1-3-4(2)8-9(5,6)7/h4H,1,3H2,2H3,(H2,5,6,7). The predicted octanol–water partition coefficient (Wildman–Crippen LogP) is 0.708. The molecule has 0 aromatic heterocycles. The average molecular weight is 153 g/mol. The fraction of sp³-hybridized carbons (Fsp3) is 0.750. The van der Waals surface area contributed by atoms with Crippen molar-refractivity contribution in [2.24, 2.45) is 0 Å². The molecule has 0 spiro atoms. The van der Waals surface area contributed by atoms with Crippen LogP contribution in [-0.4, -0.2) is 15.9 Å². The molecule has 0 aliphatic heterocycles. The Morgan fingerprint density at radius 2 is 2.22 bits per heavy atom. The summed E-state index contributed by atoms with van der Waals surface area (Å²) < 4.78 is 14.2. The van der Waals surface area contributed by atoms with Gasteiger partial charge in [-0.15, -0.1) is 0 Å². The lowest BCUT2D eigenvalue weighted by molar-refractivity contribution is 0.146. The molecule has 0 saturated carbocycles. The summed E-state index contributed by atoms with van der Waals surface area (Å²) in [5, 5.41) is 0. The van der Waals surface area contributed by atoms with Gasteiger partial charge in [-0.3, -0.25) is 4.52 Å². The second-order valence-corrected chi connectivity index (χ2v) is 2.89. The highest BCUT2D eigenvalue weighted by Gasteiger charge is 2.16. The van der Waals surface area contributed by atoms with E-state index in [1.54, 1.807) is 6.92 Å². The summed E-state index contributed by atoms with van der Waals surface area (Å²) in [6.45, 7) is 4.95. The van der Waals surface area contributed by atoms with Crippen LogP contribution in [0.5, 0.6) is 0 Å². The number of hydrogen-bond donors (Lipinski definition) is 2. The third-order valence-electron chi connectivity index (χ3n) is 0.724. The minimum atomic E-state index is -4.28. The first-order valence-corrected chi connectivity index (χ1v) is 4.02. The smallest absolute Gasteiger partial charge is 0.303 e. The van der Waals surface area contributed by atoms with Crippen molar-refractivity contribution in [2.45, 2.75) is 19.4 Å². The lowest BCUT2D eigenvalue weighted by Crippen LogP contribution is -2.03. The Kier molecular flexibility index (Phi) is 3.36. The molecule has 0 aromatic carbocycles. The van der Waals surface area contributed by atoms with Gasteiger partial charge in [0.2, 0.25) is 0 Å². The van der Waals surface area contributed by atoms with Crippen LogP contribution in [-0.2, 0) is 9.09 Å². The van der Waals surface area contributed by atoms with Crippen LogP contribution in [0.4, 0.5) is 0 Å². The Hall–Kier alpha value is 0.110. The first kappa shape index (κ1) is 9.11. The maximum Gasteiger partial charge on any atom is 0.469 e. The topological polar surface area (TPSA) is 66.8 Å². The summed E-state index contributed by atoms with van der Waals surface area (Å²) in [6, 6.07) is 0. The van der Waals surface area contributed by atoms with Gasteiger partial charge in [0.1, 0.15) is 0 Å². The molecule has 9 heavy (non-hydrogen) atoms. The van der Waals surface area contributed by atoms with Crippen molar-refractivity contribution in [3.8, 4) is 0 Å². The Morgan fingerprint density at radius 1 is 1.78 bits per heavy atom. The van der Waals surface area contributed by atoms with Crippen LogP contribution in [0.25, 0.3) is 0 Å². The number of hydrogen-bond acceptors (Lipinski definition) is 2. The Bertz CT molecular complexity index is 118. The minimum Gasteiger partial charge on any atom is -0.303 e. The van der Waals surface area contributed by atoms with Crippen LogP contribution in [0.15, 0.2) is 0 Å². The van der Waals surface area contributed by atoms with Crippen LogP contribution >= 0.6 is 7.82 Å². The second kappa shape index (κ2) is 3.32. The van der Waals surface area contributed by atoms with E-state index in [2.05, 4.69) is 11.4 Å². The predicted molar refractivity (Wildman–Crippen MR) is 32.6 cm³/mol. The van der Waals surface area contributed by atoms with Crippen LogP contribution in [0, 0.1) is 6.92 Å². The summed E-state index contributed by atoms with van der Waals surface area (Å²) in [5.41, 5.74) is 0. The van der Waals surface area contributed by atoms with E-state index in [0.717, 1.165) is 0 Å². The van der Waals surface area contributed by atoms with Gasteiger partial charge in [-0.25, -0.2) is 4.57 Å². The first-order valence-electron chi connectivity index (χ1n) is 2.49. The van der Waals surface area contributed by atoms with Gasteiger partial charge in [-0.2, -0.15) is 0 Å². The SMILES string of the molecule is [CH2]CC(C)OP(=O)(O)O. The van der Waals surface area contributed by atoms with Crippen LogP contribution in [0.3, 0.4) is 0 Å². The summed E-state index contributed by atoms with van der Waals surface area (Å²) in [5.74, 6) is 0. The number of rotatable bonds is 3. The van der Waals surface area contributed by atoms with Gasteiger partial charge in [0, 0.05) is 0 Å². The van der Waals surface area contributed by atoms with Gasteiger partial charge in [-0.05, 0) is 13.3 Å². The number of phosphoric acid groups is 1. The summed E-state index contributed by atoms with van der Waals surface area (Å²) in [4.78, 5) is 16.4. The van der Waals surface area contributed by atoms with Crippen LogP contribution < -0.4 is 0 Å². The molecule has 0 aromatic rings. The highest BCUT2D eigenvalue weighted by Crippen LogP contribution is 2.37. The van der Waals surface area contributed by atoms with Gasteiger partial charge < -0.3 is 9.79 Å². The number of phosphoric ester groups is 1. The molecule has 2 N–H and O–H groups in total. The molecule has 0 aliphatic carbocycles. The fourth-order valence-corrected chi connectivity index (χ4v) is 0.861. The van der Waals surface area contributed by atoms with E-state index in [1.807, 2.05) is 0 Å².